The van der Waals surface area contributed by atoms with Crippen LogP contribution in [0.5, 0.6) is 0 Å². The van der Waals surface area contributed by atoms with Gasteiger partial charge in [0.2, 0.25) is 6.29 Å². The maximum Gasteiger partial charge on any atom is 0.420 e. The minimum Gasteiger partial charge on any atom is -0.425 e. The van der Waals surface area contributed by atoms with Crippen molar-refractivity contribution in [2.24, 2.45) is 0 Å². The Morgan fingerprint density at radius 3 is 2.75 bits per heavy atom. The van der Waals surface area contributed by atoms with Crippen LogP contribution in [0, 0.1) is 0 Å². The highest BCUT2D eigenvalue weighted by Gasteiger charge is 2.08. The molecule has 0 bridgehead atoms. The monoisotopic (exact) mass is 173 g/mol. The van der Waals surface area contributed by atoms with E-state index in [4.69, 9.17) is 0 Å². The third-order valence-corrected chi connectivity index (χ3v) is 1.25. The first kappa shape index (κ1) is 10.9. The van der Waals surface area contributed by atoms with Crippen molar-refractivity contribution < 1.29 is 19.1 Å². The van der Waals surface area contributed by atoms with Gasteiger partial charge in [0.25, 0.3) is 0 Å². The van der Waals surface area contributed by atoms with Crippen LogP contribution in [0.25, 0.3) is 0 Å². The molecule has 69 valence electrons. The quantitative estimate of drug-likeness (QED) is 0.446. The smallest absolute Gasteiger partial charge is 0.420 e. The lowest BCUT2D eigenvalue weighted by Crippen LogP contribution is -2.17. The highest BCUT2D eigenvalue weighted by molar-refractivity contribution is 5.69. The highest BCUT2D eigenvalue weighted by Crippen LogP contribution is 1.99. The maximum absolute atomic E-state index is 10.9. The zero-order chi connectivity index (χ0) is 9.40. The van der Waals surface area contributed by atoms with E-state index in [0.29, 0.717) is 6.42 Å². The first-order valence-corrected chi connectivity index (χ1v) is 3.93. The lowest BCUT2D eigenvalue weighted by atomic mass is 10.2. The summed E-state index contributed by atoms with van der Waals surface area (Å²) in [5.41, 5.74) is 0. The van der Waals surface area contributed by atoms with Gasteiger partial charge in [0.05, 0.1) is 0 Å². The van der Waals surface area contributed by atoms with Crippen molar-refractivity contribution in [1.29, 1.82) is 0 Å². The molecule has 0 heterocycles. The molecule has 0 aliphatic carbocycles. The fourth-order valence-electron chi connectivity index (χ4n) is 0.657. The fourth-order valence-corrected chi connectivity index (χ4v) is 0.657. The number of hydrogen-bond donors (Lipinski definition) is 0. The number of unbranched alkanes of at least 4 members (excludes halogenated alkanes) is 1. The van der Waals surface area contributed by atoms with Crippen molar-refractivity contribution >= 4 is 12.4 Å². The van der Waals surface area contributed by atoms with Crippen molar-refractivity contribution in [2.75, 3.05) is 0 Å². The van der Waals surface area contributed by atoms with Gasteiger partial charge in [-0.25, -0.2) is 4.79 Å². The van der Waals surface area contributed by atoms with Crippen LogP contribution in [0.3, 0.4) is 0 Å². The Kier molecular flexibility index (Phi) is 6.05. The van der Waals surface area contributed by atoms with Gasteiger partial charge in [-0.05, 0) is 6.42 Å². The standard InChI is InChI=1S/C8H13O4/c1-3-4-5-8(10)12-7(2)11-6-9/h7H,3-5H2,1-2H3. The third kappa shape index (κ3) is 5.70. The number of ether oxygens (including phenoxy) is 2. The topological polar surface area (TPSA) is 52.6 Å². The van der Waals surface area contributed by atoms with E-state index >= 15 is 0 Å². The molecular weight excluding hydrogens is 160 g/mol. The van der Waals surface area contributed by atoms with Gasteiger partial charge in [-0.15, -0.1) is 0 Å². The van der Waals surface area contributed by atoms with Gasteiger partial charge in [0.1, 0.15) is 0 Å². The number of rotatable bonds is 6. The molecule has 0 amide bonds. The van der Waals surface area contributed by atoms with E-state index in [9.17, 15) is 9.59 Å². The molecule has 4 nitrogen and oxygen atoms in total. The Morgan fingerprint density at radius 1 is 1.58 bits per heavy atom. The Hall–Kier alpha value is -1.06. The van der Waals surface area contributed by atoms with Crippen molar-refractivity contribution in [3.05, 3.63) is 0 Å². The van der Waals surface area contributed by atoms with Gasteiger partial charge in [0, 0.05) is 13.3 Å². The Balaban J connectivity index is 3.46. The van der Waals surface area contributed by atoms with E-state index in [1.165, 1.54) is 13.4 Å². The summed E-state index contributed by atoms with van der Waals surface area (Å²) in [4.78, 5) is 20.5. The van der Waals surface area contributed by atoms with Crippen LogP contribution in [0.15, 0.2) is 0 Å². The van der Waals surface area contributed by atoms with E-state index < -0.39 is 6.29 Å². The average molecular weight is 173 g/mol. The van der Waals surface area contributed by atoms with E-state index in [-0.39, 0.29) is 5.97 Å². The van der Waals surface area contributed by atoms with Crippen LogP contribution in [0.4, 0.5) is 0 Å². The molecule has 0 aliphatic rings. The van der Waals surface area contributed by atoms with Crippen molar-refractivity contribution in [3.63, 3.8) is 0 Å². The molecule has 1 radical (unpaired) electrons. The van der Waals surface area contributed by atoms with Crippen molar-refractivity contribution in [3.8, 4) is 0 Å². The van der Waals surface area contributed by atoms with Gasteiger partial charge in [0.15, 0.2) is 0 Å². The van der Waals surface area contributed by atoms with Crippen molar-refractivity contribution in [2.45, 2.75) is 39.4 Å². The average Bonchev–Trinajstić information content (AvgIpc) is 2.01. The summed E-state index contributed by atoms with van der Waals surface area (Å²) >= 11 is 0. The summed E-state index contributed by atoms with van der Waals surface area (Å²) in [5, 5.41) is 0. The number of carbonyl (C=O) groups is 1. The summed E-state index contributed by atoms with van der Waals surface area (Å²) in [5.74, 6) is -0.348. The molecule has 0 aromatic heterocycles. The fraction of sp³-hybridized carbons (Fsp3) is 0.750. The van der Waals surface area contributed by atoms with E-state index in [1.807, 2.05) is 6.92 Å². The van der Waals surface area contributed by atoms with Crippen LogP contribution in [0.2, 0.25) is 0 Å². The zero-order valence-electron chi connectivity index (χ0n) is 7.33. The van der Waals surface area contributed by atoms with Gasteiger partial charge < -0.3 is 9.47 Å². The molecule has 0 saturated carbocycles. The van der Waals surface area contributed by atoms with Crippen LogP contribution >= 0.6 is 0 Å². The predicted octanol–water partition coefficient (Wildman–Crippen LogP) is 1.15. The normalized spacial score (nSPS) is 11.8. The molecule has 12 heavy (non-hydrogen) atoms. The van der Waals surface area contributed by atoms with Gasteiger partial charge in [-0.1, -0.05) is 13.3 Å². The molecule has 0 N–H and O–H groups in total. The molecule has 0 aromatic carbocycles. The van der Waals surface area contributed by atoms with E-state index in [0.717, 1.165) is 12.8 Å². The largest absolute Gasteiger partial charge is 0.425 e. The van der Waals surface area contributed by atoms with Crippen LogP contribution in [0.1, 0.15) is 33.1 Å². The minimum absolute atomic E-state index is 0.348. The second kappa shape index (κ2) is 6.64. The van der Waals surface area contributed by atoms with Gasteiger partial charge in [-0.3, -0.25) is 4.79 Å². The highest BCUT2D eigenvalue weighted by atomic mass is 16.7. The summed E-state index contributed by atoms with van der Waals surface area (Å²) in [6.07, 6.45) is 1.26. The number of hydrogen-bond acceptors (Lipinski definition) is 4. The molecule has 0 aliphatic heterocycles. The minimum atomic E-state index is -0.827. The third-order valence-electron chi connectivity index (χ3n) is 1.25. The molecular formula is C8H13O4. The summed E-state index contributed by atoms with van der Waals surface area (Å²) in [6, 6.07) is 0. The maximum atomic E-state index is 10.9. The Morgan fingerprint density at radius 2 is 2.25 bits per heavy atom. The molecule has 1 unspecified atom stereocenters. The summed E-state index contributed by atoms with van der Waals surface area (Å²) in [6.45, 7) is 4.65. The molecule has 4 heteroatoms. The van der Waals surface area contributed by atoms with Crippen molar-refractivity contribution in [1.82, 2.24) is 0 Å². The lowest BCUT2D eigenvalue weighted by molar-refractivity contribution is -0.162. The van der Waals surface area contributed by atoms with Crippen LogP contribution < -0.4 is 0 Å². The predicted molar refractivity (Wildman–Crippen MR) is 41.9 cm³/mol. The molecule has 0 saturated heterocycles. The molecule has 0 aromatic rings. The summed E-state index contributed by atoms with van der Waals surface area (Å²) in [7, 11) is 0. The first-order valence-electron chi connectivity index (χ1n) is 3.93. The lowest BCUT2D eigenvalue weighted by Gasteiger charge is -2.09. The van der Waals surface area contributed by atoms with Gasteiger partial charge >= 0.3 is 12.4 Å². The Bertz CT molecular complexity index is 144. The number of esters is 1. The second-order valence-electron chi connectivity index (χ2n) is 2.36. The molecule has 0 spiro atoms. The molecule has 1 atom stereocenters. The Labute approximate surface area is 71.8 Å². The zero-order valence-corrected chi connectivity index (χ0v) is 7.33. The van der Waals surface area contributed by atoms with E-state index in [1.54, 1.807) is 0 Å². The number of carbonyl (C=O) groups excluding carboxylic acids is 2. The molecule has 0 fully saturated rings. The molecule has 0 rings (SSSR count). The van der Waals surface area contributed by atoms with Crippen LogP contribution in [-0.4, -0.2) is 18.7 Å². The van der Waals surface area contributed by atoms with E-state index in [2.05, 4.69) is 9.47 Å². The summed E-state index contributed by atoms with van der Waals surface area (Å²) < 4.78 is 8.91. The SMILES string of the molecule is CCCCC(=O)OC(C)O[C]=O. The van der Waals surface area contributed by atoms with Crippen LogP contribution in [-0.2, 0) is 19.1 Å². The van der Waals surface area contributed by atoms with Gasteiger partial charge in [-0.2, -0.15) is 0 Å². The first-order chi connectivity index (χ1) is 5.70. The second-order valence-corrected chi connectivity index (χ2v) is 2.36.